The summed E-state index contributed by atoms with van der Waals surface area (Å²) in [7, 11) is 0. The Hall–Kier alpha value is -2.27. The van der Waals surface area contributed by atoms with Gasteiger partial charge >= 0.3 is 0 Å². The van der Waals surface area contributed by atoms with Crippen LogP contribution in [0.25, 0.3) is 0 Å². The lowest BCUT2D eigenvalue weighted by atomic mass is 9.93. The van der Waals surface area contributed by atoms with Crippen LogP contribution in [0, 0.1) is 5.82 Å². The minimum atomic E-state index is -0.181. The zero-order valence-corrected chi connectivity index (χ0v) is 17.0. The highest BCUT2D eigenvalue weighted by molar-refractivity contribution is 5.78. The molecular weight excluding hydrogens is 365 g/mol. The molecule has 2 fully saturated rings. The van der Waals surface area contributed by atoms with E-state index in [1.807, 2.05) is 29.2 Å². The highest BCUT2D eigenvalue weighted by Gasteiger charge is 2.26. The Morgan fingerprint density at radius 3 is 2.66 bits per heavy atom. The molecule has 2 saturated heterocycles. The van der Waals surface area contributed by atoms with Crippen molar-refractivity contribution in [2.45, 2.75) is 44.4 Å². The van der Waals surface area contributed by atoms with Gasteiger partial charge in [-0.25, -0.2) is 4.39 Å². The molecule has 2 aliphatic rings. The zero-order valence-electron chi connectivity index (χ0n) is 17.0. The number of rotatable bonds is 5. The van der Waals surface area contributed by atoms with E-state index in [-0.39, 0.29) is 11.7 Å². The average Bonchev–Trinajstić information content (AvgIpc) is 2.76. The van der Waals surface area contributed by atoms with Crippen LogP contribution in [0.4, 0.5) is 4.39 Å². The Kier molecular flexibility index (Phi) is 6.55. The van der Waals surface area contributed by atoms with Gasteiger partial charge in [0.1, 0.15) is 5.82 Å². The normalized spacial score (nSPS) is 20.6. The van der Waals surface area contributed by atoms with Crippen molar-refractivity contribution >= 4 is 5.91 Å². The highest BCUT2D eigenvalue weighted by Crippen LogP contribution is 2.26. The molecule has 0 saturated carbocycles. The first-order valence-corrected chi connectivity index (χ1v) is 10.9. The van der Waals surface area contributed by atoms with Crippen LogP contribution in [-0.2, 0) is 11.2 Å². The fourth-order valence-electron chi connectivity index (χ4n) is 4.54. The number of likely N-dealkylation sites (tertiary alicyclic amines) is 2. The molecule has 2 aliphatic heterocycles. The maximum atomic E-state index is 14.0. The van der Waals surface area contributed by atoms with Gasteiger partial charge in [-0.3, -0.25) is 14.7 Å². The summed E-state index contributed by atoms with van der Waals surface area (Å²) in [5, 5.41) is 0. The molecule has 3 heterocycles. The summed E-state index contributed by atoms with van der Waals surface area (Å²) >= 11 is 0. The van der Waals surface area contributed by atoms with E-state index in [2.05, 4.69) is 11.0 Å². The second kappa shape index (κ2) is 9.49. The molecule has 0 spiro atoms. The van der Waals surface area contributed by atoms with Gasteiger partial charge in [0.2, 0.25) is 5.91 Å². The first-order chi connectivity index (χ1) is 14.2. The molecular formula is C24H30FN3O. The summed E-state index contributed by atoms with van der Waals surface area (Å²) in [4.78, 5) is 21.8. The Morgan fingerprint density at radius 2 is 1.83 bits per heavy atom. The molecule has 154 valence electrons. The van der Waals surface area contributed by atoms with E-state index in [4.69, 9.17) is 4.98 Å². The van der Waals surface area contributed by atoms with Gasteiger partial charge < -0.3 is 4.90 Å². The predicted octanol–water partition coefficient (Wildman–Crippen LogP) is 4.00. The van der Waals surface area contributed by atoms with Gasteiger partial charge in [-0.15, -0.1) is 0 Å². The number of piperidine rings is 2. The summed E-state index contributed by atoms with van der Waals surface area (Å²) in [5.41, 5.74) is 2.64. The van der Waals surface area contributed by atoms with Crippen molar-refractivity contribution in [1.29, 1.82) is 0 Å². The van der Waals surface area contributed by atoms with Gasteiger partial charge in [0.25, 0.3) is 0 Å². The van der Waals surface area contributed by atoms with Crippen LogP contribution in [0.1, 0.15) is 55.0 Å². The molecule has 1 atom stereocenters. The third-order valence-electron chi connectivity index (χ3n) is 6.15. The third kappa shape index (κ3) is 5.21. The average molecular weight is 396 g/mol. The van der Waals surface area contributed by atoms with Crippen molar-refractivity contribution < 1.29 is 9.18 Å². The maximum Gasteiger partial charge on any atom is 0.236 e. The summed E-state index contributed by atoms with van der Waals surface area (Å²) in [5.74, 6) is 0.421. The van der Waals surface area contributed by atoms with Crippen LogP contribution < -0.4 is 0 Å². The molecule has 4 nitrogen and oxygen atoms in total. The number of benzene rings is 1. The molecule has 1 aromatic heterocycles. The van der Waals surface area contributed by atoms with Crippen LogP contribution in [0.3, 0.4) is 0 Å². The second-order valence-electron chi connectivity index (χ2n) is 8.34. The zero-order chi connectivity index (χ0) is 20.1. The molecule has 1 aromatic carbocycles. The lowest BCUT2D eigenvalue weighted by Gasteiger charge is -2.34. The monoisotopic (exact) mass is 395 g/mol. The van der Waals surface area contributed by atoms with E-state index in [0.29, 0.717) is 24.4 Å². The smallest absolute Gasteiger partial charge is 0.236 e. The van der Waals surface area contributed by atoms with Crippen LogP contribution in [0.15, 0.2) is 42.5 Å². The molecule has 5 heteroatoms. The number of carbonyl (C=O) groups excluding carboxylic acids is 1. The summed E-state index contributed by atoms with van der Waals surface area (Å²) in [6.45, 7) is 4.19. The number of nitrogens with zero attached hydrogens (tertiary/aromatic N) is 3. The van der Waals surface area contributed by atoms with Gasteiger partial charge in [0.05, 0.1) is 6.54 Å². The SMILES string of the molecule is O=C(CN1CCCC(c2cccc(Cc3ccccc3F)n2)C1)N1CCCCC1. The Balaban J connectivity index is 1.39. The first kappa shape index (κ1) is 20.0. The number of hydrogen-bond donors (Lipinski definition) is 0. The molecule has 4 rings (SSSR count). The minimum Gasteiger partial charge on any atom is -0.342 e. The Morgan fingerprint density at radius 1 is 1.00 bits per heavy atom. The van der Waals surface area contributed by atoms with Crippen LogP contribution >= 0.6 is 0 Å². The van der Waals surface area contributed by atoms with E-state index < -0.39 is 0 Å². The number of hydrogen-bond acceptors (Lipinski definition) is 3. The molecule has 0 bridgehead atoms. The molecule has 1 unspecified atom stereocenters. The molecule has 1 amide bonds. The van der Waals surface area contributed by atoms with E-state index in [0.717, 1.165) is 63.3 Å². The maximum absolute atomic E-state index is 14.0. The van der Waals surface area contributed by atoms with Crippen molar-refractivity contribution in [2.75, 3.05) is 32.7 Å². The number of amides is 1. The predicted molar refractivity (Wildman–Crippen MR) is 112 cm³/mol. The van der Waals surface area contributed by atoms with E-state index in [1.54, 1.807) is 6.07 Å². The van der Waals surface area contributed by atoms with Crippen LogP contribution in [0.5, 0.6) is 0 Å². The molecule has 0 N–H and O–H groups in total. The minimum absolute atomic E-state index is 0.181. The van der Waals surface area contributed by atoms with Crippen molar-refractivity contribution in [3.05, 3.63) is 65.2 Å². The summed E-state index contributed by atoms with van der Waals surface area (Å²) in [6, 6.07) is 13.0. The highest BCUT2D eigenvalue weighted by atomic mass is 19.1. The van der Waals surface area contributed by atoms with Gasteiger partial charge in [0.15, 0.2) is 0 Å². The van der Waals surface area contributed by atoms with E-state index in [9.17, 15) is 9.18 Å². The van der Waals surface area contributed by atoms with Gasteiger partial charge in [-0.1, -0.05) is 24.3 Å². The quantitative estimate of drug-likeness (QED) is 0.768. The number of aromatic nitrogens is 1. The number of halogens is 1. The van der Waals surface area contributed by atoms with Gasteiger partial charge in [-0.2, -0.15) is 0 Å². The Bertz CT molecular complexity index is 834. The topological polar surface area (TPSA) is 36.4 Å². The number of pyridine rings is 1. The summed E-state index contributed by atoms with van der Waals surface area (Å²) < 4.78 is 14.0. The van der Waals surface area contributed by atoms with Gasteiger partial charge in [-0.05, 0) is 62.4 Å². The van der Waals surface area contributed by atoms with Crippen molar-refractivity contribution in [3.8, 4) is 0 Å². The van der Waals surface area contributed by atoms with E-state index in [1.165, 1.54) is 12.5 Å². The largest absolute Gasteiger partial charge is 0.342 e. The molecule has 2 aromatic rings. The lowest BCUT2D eigenvalue weighted by Crippen LogP contribution is -2.45. The van der Waals surface area contributed by atoms with Crippen molar-refractivity contribution in [1.82, 2.24) is 14.8 Å². The first-order valence-electron chi connectivity index (χ1n) is 10.9. The molecule has 0 aliphatic carbocycles. The summed E-state index contributed by atoms with van der Waals surface area (Å²) in [6.07, 6.45) is 6.18. The third-order valence-corrected chi connectivity index (χ3v) is 6.15. The number of carbonyl (C=O) groups is 1. The fraction of sp³-hybridized carbons (Fsp3) is 0.500. The van der Waals surface area contributed by atoms with E-state index >= 15 is 0 Å². The Labute approximate surface area is 172 Å². The standard InChI is InChI=1S/C24H30FN3O/c25-22-11-3-2-8-19(22)16-21-10-6-12-23(26-21)20-9-7-13-27(17-20)18-24(29)28-14-4-1-5-15-28/h2-3,6,8,10-12,20H,1,4-5,7,9,13-18H2. The van der Waals surface area contributed by atoms with Crippen molar-refractivity contribution in [2.24, 2.45) is 0 Å². The lowest BCUT2D eigenvalue weighted by molar-refractivity contribution is -0.133. The van der Waals surface area contributed by atoms with Crippen LogP contribution in [0.2, 0.25) is 0 Å². The molecule has 29 heavy (non-hydrogen) atoms. The van der Waals surface area contributed by atoms with Crippen LogP contribution in [-0.4, -0.2) is 53.4 Å². The van der Waals surface area contributed by atoms with Gasteiger partial charge in [0, 0.05) is 43.4 Å². The van der Waals surface area contributed by atoms with Crippen molar-refractivity contribution in [3.63, 3.8) is 0 Å². The molecule has 0 radical (unpaired) electrons. The fourth-order valence-corrected chi connectivity index (χ4v) is 4.54. The second-order valence-corrected chi connectivity index (χ2v) is 8.34.